The van der Waals surface area contributed by atoms with Crippen molar-refractivity contribution < 1.29 is 4.79 Å². The summed E-state index contributed by atoms with van der Waals surface area (Å²) in [5, 5.41) is 3.95. The van der Waals surface area contributed by atoms with Crippen LogP contribution < -0.4 is 10.2 Å². The van der Waals surface area contributed by atoms with Crippen molar-refractivity contribution in [1.29, 1.82) is 0 Å². The van der Waals surface area contributed by atoms with Gasteiger partial charge in [0.1, 0.15) is 5.82 Å². The summed E-state index contributed by atoms with van der Waals surface area (Å²) < 4.78 is 0. The van der Waals surface area contributed by atoms with Crippen molar-refractivity contribution in [2.45, 2.75) is 0 Å². The quantitative estimate of drug-likeness (QED) is 0.431. The van der Waals surface area contributed by atoms with Gasteiger partial charge in [0, 0.05) is 31.0 Å². The number of benzene rings is 3. The Morgan fingerprint density at radius 1 is 1.00 bits per heavy atom. The minimum Gasteiger partial charge on any atom is -0.378 e. The second-order valence-electron chi connectivity index (χ2n) is 6.81. The third-order valence-electron chi connectivity index (χ3n) is 4.56. The predicted octanol–water partition coefficient (Wildman–Crippen LogP) is 5.86. The van der Waals surface area contributed by atoms with Gasteiger partial charge < -0.3 is 15.2 Å². The van der Waals surface area contributed by atoms with Crippen LogP contribution in [0.3, 0.4) is 0 Å². The van der Waals surface area contributed by atoms with E-state index in [1.54, 1.807) is 36.4 Å². The van der Waals surface area contributed by atoms with Crippen molar-refractivity contribution in [3.8, 4) is 11.4 Å². The first-order chi connectivity index (χ1) is 13.9. The Kier molecular flexibility index (Phi) is 5.18. The second-order valence-corrected chi connectivity index (χ2v) is 7.63. The standard InChI is InChI=1S/C22H18Cl2N4O/c1-28(2)15-6-3-5-14(12-15)25-22(29)13-9-10-18-19(11-13)27-21(26-18)20-16(23)7-4-8-17(20)24/h3-12H,1-2H3,(H,25,29)(H,26,27). The normalized spacial score (nSPS) is 10.9. The Morgan fingerprint density at radius 2 is 1.72 bits per heavy atom. The molecule has 0 atom stereocenters. The molecule has 1 amide bonds. The Labute approximate surface area is 178 Å². The van der Waals surface area contributed by atoms with E-state index < -0.39 is 0 Å². The van der Waals surface area contributed by atoms with Gasteiger partial charge >= 0.3 is 0 Å². The molecule has 3 aromatic carbocycles. The Hall–Kier alpha value is -3.02. The summed E-state index contributed by atoms with van der Waals surface area (Å²) in [6.45, 7) is 0. The topological polar surface area (TPSA) is 61.0 Å². The number of H-pyrrole nitrogens is 1. The van der Waals surface area contributed by atoms with Crippen molar-refractivity contribution in [3.63, 3.8) is 0 Å². The molecule has 0 saturated carbocycles. The van der Waals surface area contributed by atoms with E-state index in [0.717, 1.165) is 22.4 Å². The van der Waals surface area contributed by atoms with Crippen LogP contribution >= 0.6 is 23.2 Å². The average molecular weight is 425 g/mol. The molecule has 0 bridgehead atoms. The third kappa shape index (κ3) is 3.92. The van der Waals surface area contributed by atoms with E-state index in [2.05, 4.69) is 15.3 Å². The number of carbonyl (C=O) groups excluding carboxylic acids is 1. The molecule has 0 aliphatic rings. The lowest BCUT2D eigenvalue weighted by Gasteiger charge is -2.14. The number of aromatic amines is 1. The number of carbonyl (C=O) groups is 1. The van der Waals surface area contributed by atoms with Crippen LogP contribution in [0.25, 0.3) is 22.4 Å². The van der Waals surface area contributed by atoms with Gasteiger partial charge in [0.2, 0.25) is 0 Å². The van der Waals surface area contributed by atoms with Gasteiger partial charge in [-0.3, -0.25) is 4.79 Å². The van der Waals surface area contributed by atoms with Crippen molar-refractivity contribution in [2.24, 2.45) is 0 Å². The number of halogens is 2. The molecule has 5 nitrogen and oxygen atoms in total. The maximum absolute atomic E-state index is 12.7. The van der Waals surface area contributed by atoms with Crippen molar-refractivity contribution in [1.82, 2.24) is 9.97 Å². The highest BCUT2D eigenvalue weighted by Gasteiger charge is 2.14. The van der Waals surface area contributed by atoms with Gasteiger partial charge in [-0.15, -0.1) is 0 Å². The number of rotatable bonds is 4. The first-order valence-electron chi connectivity index (χ1n) is 8.95. The SMILES string of the molecule is CN(C)c1cccc(NC(=O)c2ccc3nc(-c4c(Cl)cccc4Cl)[nH]c3c2)c1. The Bertz CT molecular complexity index is 1200. The molecule has 4 rings (SSSR count). The van der Waals surface area contributed by atoms with Crippen LogP contribution in [0.5, 0.6) is 0 Å². The van der Waals surface area contributed by atoms with E-state index in [-0.39, 0.29) is 5.91 Å². The largest absolute Gasteiger partial charge is 0.378 e. The van der Waals surface area contributed by atoms with Gasteiger partial charge in [0.25, 0.3) is 5.91 Å². The summed E-state index contributed by atoms with van der Waals surface area (Å²) in [5.74, 6) is 0.363. The molecule has 0 spiro atoms. The average Bonchev–Trinajstić information content (AvgIpc) is 3.10. The fourth-order valence-electron chi connectivity index (χ4n) is 3.06. The highest BCUT2D eigenvalue weighted by Crippen LogP contribution is 2.34. The molecule has 0 aliphatic carbocycles. The lowest BCUT2D eigenvalue weighted by atomic mass is 10.2. The van der Waals surface area contributed by atoms with Crippen molar-refractivity contribution in [2.75, 3.05) is 24.3 Å². The highest BCUT2D eigenvalue weighted by molar-refractivity contribution is 6.39. The summed E-state index contributed by atoms with van der Waals surface area (Å²) in [4.78, 5) is 22.5. The molecule has 0 aliphatic heterocycles. The summed E-state index contributed by atoms with van der Waals surface area (Å²) in [7, 11) is 3.91. The maximum Gasteiger partial charge on any atom is 0.255 e. The number of imidazole rings is 1. The number of aromatic nitrogens is 2. The molecule has 0 saturated heterocycles. The van der Waals surface area contributed by atoms with Gasteiger partial charge in [-0.2, -0.15) is 0 Å². The van der Waals surface area contributed by atoms with Crippen LogP contribution in [0, 0.1) is 0 Å². The van der Waals surface area contributed by atoms with E-state index in [1.165, 1.54) is 0 Å². The van der Waals surface area contributed by atoms with Gasteiger partial charge in [-0.25, -0.2) is 4.98 Å². The molecule has 29 heavy (non-hydrogen) atoms. The van der Waals surface area contributed by atoms with Crippen LogP contribution in [-0.4, -0.2) is 30.0 Å². The number of hydrogen-bond acceptors (Lipinski definition) is 3. The fourth-order valence-corrected chi connectivity index (χ4v) is 3.63. The van der Waals surface area contributed by atoms with Gasteiger partial charge in [-0.1, -0.05) is 35.3 Å². The third-order valence-corrected chi connectivity index (χ3v) is 5.19. The number of anilines is 2. The Morgan fingerprint density at radius 3 is 2.45 bits per heavy atom. The van der Waals surface area contributed by atoms with Crippen LogP contribution in [0.4, 0.5) is 11.4 Å². The first-order valence-corrected chi connectivity index (χ1v) is 9.71. The number of nitrogens with one attached hydrogen (secondary N) is 2. The molecule has 4 aromatic rings. The summed E-state index contributed by atoms with van der Waals surface area (Å²) in [5.41, 5.74) is 4.35. The molecule has 7 heteroatoms. The zero-order valence-electron chi connectivity index (χ0n) is 15.8. The zero-order chi connectivity index (χ0) is 20.5. The van der Waals surface area contributed by atoms with Crippen molar-refractivity contribution in [3.05, 3.63) is 76.3 Å². The molecule has 0 fully saturated rings. The molecule has 1 heterocycles. The van der Waals surface area contributed by atoms with Crippen LogP contribution in [0.15, 0.2) is 60.7 Å². The molecule has 2 N–H and O–H groups in total. The number of fused-ring (bicyclic) bond motifs is 1. The molecule has 1 aromatic heterocycles. The molecule has 146 valence electrons. The minimum absolute atomic E-state index is 0.199. The number of hydrogen-bond donors (Lipinski definition) is 2. The van der Waals surface area contributed by atoms with Crippen LogP contribution in [-0.2, 0) is 0 Å². The number of amides is 1. The van der Waals surface area contributed by atoms with E-state index in [4.69, 9.17) is 23.2 Å². The van der Waals surface area contributed by atoms with Crippen LogP contribution in [0.1, 0.15) is 10.4 Å². The lowest BCUT2D eigenvalue weighted by Crippen LogP contribution is -2.13. The molecular weight excluding hydrogens is 407 g/mol. The first kappa shape index (κ1) is 19.3. The predicted molar refractivity (Wildman–Crippen MR) is 120 cm³/mol. The smallest absolute Gasteiger partial charge is 0.255 e. The zero-order valence-corrected chi connectivity index (χ0v) is 17.3. The monoisotopic (exact) mass is 424 g/mol. The van der Waals surface area contributed by atoms with Gasteiger partial charge in [-0.05, 0) is 48.5 Å². The number of nitrogens with zero attached hydrogens (tertiary/aromatic N) is 2. The Balaban J connectivity index is 1.64. The molecule has 0 radical (unpaired) electrons. The molecular formula is C22H18Cl2N4O. The second kappa shape index (κ2) is 7.78. The summed E-state index contributed by atoms with van der Waals surface area (Å²) >= 11 is 12.6. The van der Waals surface area contributed by atoms with E-state index >= 15 is 0 Å². The lowest BCUT2D eigenvalue weighted by molar-refractivity contribution is 0.102. The summed E-state index contributed by atoms with van der Waals surface area (Å²) in [6.07, 6.45) is 0. The minimum atomic E-state index is -0.199. The van der Waals surface area contributed by atoms with Gasteiger partial charge in [0.05, 0.1) is 26.6 Å². The highest BCUT2D eigenvalue weighted by atomic mass is 35.5. The maximum atomic E-state index is 12.7. The van der Waals surface area contributed by atoms with E-state index in [0.29, 0.717) is 27.0 Å². The van der Waals surface area contributed by atoms with E-state index in [9.17, 15) is 4.79 Å². The van der Waals surface area contributed by atoms with Crippen molar-refractivity contribution >= 4 is 51.5 Å². The fraction of sp³-hybridized carbons (Fsp3) is 0.0909. The summed E-state index contributed by atoms with van der Waals surface area (Å²) in [6, 6.07) is 18.3. The van der Waals surface area contributed by atoms with E-state index in [1.807, 2.05) is 43.3 Å². The van der Waals surface area contributed by atoms with Gasteiger partial charge in [0.15, 0.2) is 0 Å². The van der Waals surface area contributed by atoms with Crippen LogP contribution in [0.2, 0.25) is 10.0 Å². The molecule has 0 unspecified atom stereocenters.